The number of rotatable bonds is 2. The van der Waals surface area contributed by atoms with Gasteiger partial charge in [-0.15, -0.1) is 0 Å². The van der Waals surface area contributed by atoms with Crippen molar-refractivity contribution in [1.29, 1.82) is 0 Å². The fourth-order valence-electron chi connectivity index (χ4n) is 1.70. The number of nitrogen functional groups attached to an aromatic ring is 1. The van der Waals surface area contributed by atoms with Crippen molar-refractivity contribution in [2.75, 3.05) is 23.7 Å². The maximum Gasteiger partial charge on any atom is 0.228 e. The molecule has 6 heteroatoms. The van der Waals surface area contributed by atoms with E-state index >= 15 is 0 Å². The first-order valence-electron chi connectivity index (χ1n) is 4.78. The Hall–Kier alpha value is -1.69. The zero-order chi connectivity index (χ0) is 10.8. The molecule has 2 rings (SSSR count). The van der Waals surface area contributed by atoms with Gasteiger partial charge in [-0.2, -0.15) is 0 Å². The molecule has 0 saturated carbocycles. The van der Waals surface area contributed by atoms with Crippen LogP contribution in [0.1, 0.15) is 6.42 Å². The molecule has 1 saturated heterocycles. The van der Waals surface area contributed by atoms with Crippen molar-refractivity contribution in [3.8, 4) is 0 Å². The van der Waals surface area contributed by atoms with Gasteiger partial charge in [0, 0.05) is 13.0 Å². The number of amides is 1. The number of hydrogen-bond donors (Lipinski definition) is 2. The van der Waals surface area contributed by atoms with Crippen LogP contribution in [-0.4, -0.2) is 29.0 Å². The smallest absolute Gasteiger partial charge is 0.228 e. The second-order valence-corrected chi connectivity index (χ2v) is 3.61. The Morgan fingerprint density at radius 3 is 3.00 bits per heavy atom. The lowest BCUT2D eigenvalue weighted by Crippen LogP contribution is -2.27. The first kappa shape index (κ1) is 9.85. The molecule has 4 N–H and O–H groups in total. The summed E-state index contributed by atoms with van der Waals surface area (Å²) in [6.07, 6.45) is 3.35. The Morgan fingerprint density at radius 2 is 2.40 bits per heavy atom. The molecule has 6 nitrogen and oxygen atoms in total. The quantitative estimate of drug-likeness (QED) is 0.672. The fraction of sp³-hybridized carbons (Fsp3) is 0.444. The molecule has 0 radical (unpaired) electrons. The Balaban J connectivity index is 2.25. The van der Waals surface area contributed by atoms with Gasteiger partial charge in [-0.3, -0.25) is 9.69 Å². The maximum absolute atomic E-state index is 11.7. The van der Waals surface area contributed by atoms with Crippen LogP contribution in [0.25, 0.3) is 0 Å². The van der Waals surface area contributed by atoms with Crippen LogP contribution < -0.4 is 16.4 Å². The Labute approximate surface area is 87.3 Å². The molecule has 0 aromatic carbocycles. The van der Waals surface area contributed by atoms with E-state index < -0.39 is 0 Å². The van der Waals surface area contributed by atoms with Gasteiger partial charge >= 0.3 is 0 Å². The van der Waals surface area contributed by atoms with Crippen LogP contribution in [-0.2, 0) is 4.79 Å². The van der Waals surface area contributed by atoms with Crippen LogP contribution in [0.2, 0.25) is 0 Å². The van der Waals surface area contributed by atoms with E-state index in [0.29, 0.717) is 31.0 Å². The summed E-state index contributed by atoms with van der Waals surface area (Å²) in [4.78, 5) is 21.0. The van der Waals surface area contributed by atoms with E-state index in [9.17, 15) is 4.79 Å². The van der Waals surface area contributed by atoms with Crippen LogP contribution in [0.3, 0.4) is 0 Å². The number of aromatic nitrogens is 2. The normalized spacial score (nSPS) is 21.0. The van der Waals surface area contributed by atoms with Crippen LogP contribution in [0, 0.1) is 5.92 Å². The maximum atomic E-state index is 11.7. The predicted octanol–water partition coefficient (Wildman–Crippen LogP) is -0.630. The molecule has 0 bridgehead atoms. The molecule has 0 aliphatic carbocycles. The van der Waals surface area contributed by atoms with Gasteiger partial charge in [0.25, 0.3) is 0 Å². The van der Waals surface area contributed by atoms with Crippen molar-refractivity contribution < 1.29 is 4.79 Å². The van der Waals surface area contributed by atoms with Gasteiger partial charge in [-0.05, 0) is 12.5 Å². The number of nitrogens with two attached hydrogens (primary N) is 2. The highest BCUT2D eigenvalue weighted by Gasteiger charge is 2.31. The van der Waals surface area contributed by atoms with E-state index in [1.807, 2.05) is 0 Å². The lowest BCUT2D eigenvalue weighted by atomic mass is 10.1. The molecule has 1 aromatic heterocycles. The SMILES string of the molecule is NCC1CC(=O)N(c2ncncc2N)C1. The third-order valence-electron chi connectivity index (χ3n) is 2.51. The van der Waals surface area contributed by atoms with Gasteiger partial charge in [0.1, 0.15) is 6.33 Å². The second kappa shape index (κ2) is 3.82. The van der Waals surface area contributed by atoms with Crippen molar-refractivity contribution in [1.82, 2.24) is 9.97 Å². The molecule has 1 amide bonds. The predicted molar refractivity (Wildman–Crippen MR) is 56.0 cm³/mol. The summed E-state index contributed by atoms with van der Waals surface area (Å²) in [5, 5.41) is 0. The summed E-state index contributed by atoms with van der Waals surface area (Å²) in [6, 6.07) is 0. The lowest BCUT2D eigenvalue weighted by molar-refractivity contribution is -0.117. The van der Waals surface area contributed by atoms with Gasteiger partial charge in [-0.25, -0.2) is 9.97 Å². The summed E-state index contributed by atoms with van der Waals surface area (Å²) in [6.45, 7) is 1.10. The van der Waals surface area contributed by atoms with Crippen LogP contribution >= 0.6 is 0 Å². The summed E-state index contributed by atoms with van der Waals surface area (Å²) in [7, 11) is 0. The number of carbonyl (C=O) groups is 1. The first-order chi connectivity index (χ1) is 7.22. The van der Waals surface area contributed by atoms with Gasteiger partial charge in [0.15, 0.2) is 5.82 Å². The fourth-order valence-corrected chi connectivity index (χ4v) is 1.70. The molecule has 1 atom stereocenters. The second-order valence-electron chi connectivity index (χ2n) is 3.61. The van der Waals surface area contributed by atoms with E-state index in [4.69, 9.17) is 11.5 Å². The monoisotopic (exact) mass is 207 g/mol. The minimum atomic E-state index is 0.0239. The summed E-state index contributed by atoms with van der Waals surface area (Å²) < 4.78 is 0. The van der Waals surface area contributed by atoms with Crippen molar-refractivity contribution in [2.24, 2.45) is 11.7 Å². The zero-order valence-corrected chi connectivity index (χ0v) is 8.26. The van der Waals surface area contributed by atoms with E-state index in [1.54, 1.807) is 4.90 Å². The minimum Gasteiger partial charge on any atom is -0.394 e. The minimum absolute atomic E-state index is 0.0239. The van der Waals surface area contributed by atoms with E-state index in [2.05, 4.69) is 9.97 Å². The molecule has 1 fully saturated rings. The van der Waals surface area contributed by atoms with E-state index in [0.717, 1.165) is 0 Å². The van der Waals surface area contributed by atoms with Gasteiger partial charge in [-0.1, -0.05) is 0 Å². The standard InChI is InChI=1S/C9H13N5O/c10-2-6-1-8(15)14(4-6)9-7(11)3-12-5-13-9/h3,5-6H,1-2,4,10-11H2. The molecule has 80 valence electrons. The molecule has 1 aromatic rings. The van der Waals surface area contributed by atoms with Crippen molar-refractivity contribution in [3.05, 3.63) is 12.5 Å². The van der Waals surface area contributed by atoms with Crippen molar-refractivity contribution >= 4 is 17.4 Å². The topological polar surface area (TPSA) is 98.1 Å². The lowest BCUT2D eigenvalue weighted by Gasteiger charge is -2.16. The van der Waals surface area contributed by atoms with Crippen molar-refractivity contribution in [3.63, 3.8) is 0 Å². The van der Waals surface area contributed by atoms with E-state index in [1.165, 1.54) is 12.5 Å². The molecule has 2 heterocycles. The number of anilines is 2. The van der Waals surface area contributed by atoms with Crippen molar-refractivity contribution in [2.45, 2.75) is 6.42 Å². The van der Waals surface area contributed by atoms with Crippen LogP contribution in [0.4, 0.5) is 11.5 Å². The number of nitrogens with zero attached hydrogens (tertiary/aromatic N) is 3. The number of hydrogen-bond acceptors (Lipinski definition) is 5. The third-order valence-corrected chi connectivity index (χ3v) is 2.51. The highest BCUT2D eigenvalue weighted by Crippen LogP contribution is 2.26. The average Bonchev–Trinajstić information content (AvgIpc) is 2.60. The largest absolute Gasteiger partial charge is 0.394 e. The highest BCUT2D eigenvalue weighted by atomic mass is 16.2. The van der Waals surface area contributed by atoms with Gasteiger partial charge in [0.2, 0.25) is 5.91 Å². The zero-order valence-electron chi connectivity index (χ0n) is 8.26. The van der Waals surface area contributed by atoms with Gasteiger partial charge in [0.05, 0.1) is 11.9 Å². The summed E-state index contributed by atoms with van der Waals surface area (Å²) in [5.41, 5.74) is 11.7. The van der Waals surface area contributed by atoms with Gasteiger partial charge < -0.3 is 11.5 Å². The number of carbonyl (C=O) groups excluding carboxylic acids is 1. The molecular weight excluding hydrogens is 194 g/mol. The first-order valence-corrected chi connectivity index (χ1v) is 4.78. The molecule has 1 unspecified atom stereocenters. The Morgan fingerprint density at radius 1 is 1.60 bits per heavy atom. The molecule has 0 spiro atoms. The Bertz CT molecular complexity index is 381. The summed E-state index contributed by atoms with van der Waals surface area (Å²) >= 11 is 0. The molecule has 15 heavy (non-hydrogen) atoms. The molecular formula is C9H13N5O. The molecule has 1 aliphatic heterocycles. The van der Waals surface area contributed by atoms with Crippen LogP contribution in [0.5, 0.6) is 0 Å². The average molecular weight is 207 g/mol. The Kier molecular flexibility index (Phi) is 2.51. The van der Waals surface area contributed by atoms with E-state index in [-0.39, 0.29) is 11.8 Å². The highest BCUT2D eigenvalue weighted by molar-refractivity contribution is 5.97. The third kappa shape index (κ3) is 1.75. The van der Waals surface area contributed by atoms with Crippen LogP contribution in [0.15, 0.2) is 12.5 Å². The summed E-state index contributed by atoms with van der Waals surface area (Å²) in [5.74, 6) is 0.716. The molecule has 1 aliphatic rings.